The fraction of sp³-hybridized carbons (Fsp3) is 0.286. The van der Waals surface area contributed by atoms with Gasteiger partial charge in [0.1, 0.15) is 5.75 Å². The van der Waals surface area contributed by atoms with E-state index in [0.717, 1.165) is 23.4 Å². The molecule has 2 aliphatic rings. The maximum Gasteiger partial charge on any atom is 0.248 e. The summed E-state index contributed by atoms with van der Waals surface area (Å²) in [5.41, 5.74) is 9.52. The summed E-state index contributed by atoms with van der Waals surface area (Å²) in [5.74, 6) is 1.27. The van der Waals surface area contributed by atoms with Crippen LogP contribution in [0.1, 0.15) is 46.8 Å². The van der Waals surface area contributed by atoms with Gasteiger partial charge in [0.25, 0.3) is 0 Å². The molecular weight excluding hydrogens is 312 g/mol. The predicted molar refractivity (Wildman–Crippen MR) is 98.9 cm³/mol. The van der Waals surface area contributed by atoms with E-state index in [9.17, 15) is 4.79 Å². The van der Waals surface area contributed by atoms with E-state index in [1.54, 1.807) is 6.07 Å². The Balaban J connectivity index is 1.69. The predicted octanol–water partition coefficient (Wildman–Crippen LogP) is 4.01. The molecule has 4 heteroatoms. The summed E-state index contributed by atoms with van der Waals surface area (Å²) in [6, 6.07) is 14.3. The van der Waals surface area contributed by atoms with Crippen LogP contribution < -0.4 is 15.8 Å². The minimum absolute atomic E-state index is 0.239. The third-order valence-corrected chi connectivity index (χ3v) is 5.20. The van der Waals surface area contributed by atoms with Crippen LogP contribution in [0.15, 0.2) is 54.6 Å². The zero-order chi connectivity index (χ0) is 17.4. The van der Waals surface area contributed by atoms with Gasteiger partial charge >= 0.3 is 0 Å². The Bertz CT molecular complexity index is 826. The van der Waals surface area contributed by atoms with Crippen molar-refractivity contribution in [2.45, 2.75) is 25.3 Å². The summed E-state index contributed by atoms with van der Waals surface area (Å²) in [7, 11) is 0. The largest absolute Gasteiger partial charge is 0.494 e. The van der Waals surface area contributed by atoms with Crippen LogP contribution in [0.2, 0.25) is 0 Å². The zero-order valence-corrected chi connectivity index (χ0v) is 14.2. The van der Waals surface area contributed by atoms with E-state index in [0.29, 0.717) is 24.0 Å². The number of ether oxygens (including phenoxy) is 1. The second-order valence-electron chi connectivity index (χ2n) is 6.64. The number of fused-ring (bicyclic) bond motifs is 3. The lowest BCUT2D eigenvalue weighted by molar-refractivity contribution is 0.1000. The number of benzene rings is 2. The van der Waals surface area contributed by atoms with Gasteiger partial charge in [-0.25, -0.2) is 0 Å². The Morgan fingerprint density at radius 3 is 2.76 bits per heavy atom. The lowest BCUT2D eigenvalue weighted by atomic mass is 9.76. The number of hydrogen-bond acceptors (Lipinski definition) is 3. The fourth-order valence-corrected chi connectivity index (χ4v) is 4.02. The highest BCUT2D eigenvalue weighted by Gasteiger charge is 2.38. The number of carbonyl (C=O) groups excluding carboxylic acids is 1. The molecule has 4 nitrogen and oxygen atoms in total. The second kappa shape index (κ2) is 6.28. The van der Waals surface area contributed by atoms with Gasteiger partial charge in [-0.15, -0.1) is 0 Å². The van der Waals surface area contributed by atoms with Crippen LogP contribution >= 0.6 is 0 Å². The van der Waals surface area contributed by atoms with Gasteiger partial charge in [0, 0.05) is 17.2 Å². The molecule has 3 atom stereocenters. The number of nitrogens with one attached hydrogen (secondary N) is 1. The number of hydrogen-bond donors (Lipinski definition) is 2. The average molecular weight is 334 g/mol. The standard InChI is InChI=1S/C21H22N2O2/c1-2-25-15-9-6-13(7-10-15)20-17-5-3-4-16(17)18-12-14(21(22)24)8-11-19(18)23-20/h3-4,6-12,16-17,20,23H,2,5H2,1H3,(H2,22,24). The minimum atomic E-state index is -0.380. The first-order valence-corrected chi connectivity index (χ1v) is 8.77. The third kappa shape index (κ3) is 2.78. The first kappa shape index (κ1) is 15.8. The first-order chi connectivity index (χ1) is 12.2. The van der Waals surface area contributed by atoms with Crippen LogP contribution in [0.3, 0.4) is 0 Å². The summed E-state index contributed by atoms with van der Waals surface area (Å²) in [4.78, 5) is 11.5. The van der Waals surface area contributed by atoms with E-state index in [1.165, 1.54) is 5.56 Å². The Labute approximate surface area is 147 Å². The minimum Gasteiger partial charge on any atom is -0.494 e. The molecule has 1 aliphatic heterocycles. The normalized spacial score (nSPS) is 23.5. The quantitative estimate of drug-likeness (QED) is 0.830. The van der Waals surface area contributed by atoms with Crippen molar-refractivity contribution in [2.24, 2.45) is 11.7 Å². The lowest BCUT2D eigenvalue weighted by Gasteiger charge is -2.37. The Kier molecular flexibility index (Phi) is 3.96. The van der Waals surface area contributed by atoms with Gasteiger partial charge in [0.05, 0.1) is 12.6 Å². The van der Waals surface area contributed by atoms with E-state index in [2.05, 4.69) is 29.6 Å². The van der Waals surface area contributed by atoms with Crippen LogP contribution in [0.5, 0.6) is 5.75 Å². The Hall–Kier alpha value is -2.75. The van der Waals surface area contributed by atoms with E-state index >= 15 is 0 Å². The summed E-state index contributed by atoms with van der Waals surface area (Å²) in [6.07, 6.45) is 5.52. The number of rotatable bonds is 4. The molecule has 0 saturated carbocycles. The highest BCUT2D eigenvalue weighted by Crippen LogP contribution is 2.50. The van der Waals surface area contributed by atoms with Crippen molar-refractivity contribution in [2.75, 3.05) is 11.9 Å². The lowest BCUT2D eigenvalue weighted by Crippen LogP contribution is -2.29. The summed E-state index contributed by atoms with van der Waals surface area (Å²) in [5, 5.41) is 3.67. The average Bonchev–Trinajstić information content (AvgIpc) is 3.11. The van der Waals surface area contributed by atoms with Gasteiger partial charge in [-0.1, -0.05) is 24.3 Å². The van der Waals surface area contributed by atoms with Gasteiger partial charge in [-0.05, 0) is 60.7 Å². The van der Waals surface area contributed by atoms with E-state index < -0.39 is 0 Å². The van der Waals surface area contributed by atoms with Crippen LogP contribution in [0.4, 0.5) is 5.69 Å². The smallest absolute Gasteiger partial charge is 0.248 e. The molecule has 1 amide bonds. The maximum atomic E-state index is 11.5. The number of amides is 1. The third-order valence-electron chi connectivity index (χ3n) is 5.20. The van der Waals surface area contributed by atoms with Crippen molar-refractivity contribution in [3.05, 3.63) is 71.3 Å². The molecule has 0 fully saturated rings. The van der Waals surface area contributed by atoms with Gasteiger partial charge in [0.15, 0.2) is 0 Å². The molecule has 2 aromatic carbocycles. The van der Waals surface area contributed by atoms with Crippen molar-refractivity contribution in [1.29, 1.82) is 0 Å². The number of allylic oxidation sites excluding steroid dienone is 2. The fourth-order valence-electron chi connectivity index (χ4n) is 4.02. The van der Waals surface area contributed by atoms with Gasteiger partial charge < -0.3 is 15.8 Å². The van der Waals surface area contributed by atoms with E-state index in [4.69, 9.17) is 10.5 Å². The van der Waals surface area contributed by atoms with E-state index in [1.807, 2.05) is 31.2 Å². The van der Waals surface area contributed by atoms with Crippen molar-refractivity contribution in [3.8, 4) is 5.75 Å². The molecule has 3 unspecified atom stereocenters. The maximum absolute atomic E-state index is 11.5. The monoisotopic (exact) mass is 334 g/mol. The molecule has 0 spiro atoms. The highest BCUT2D eigenvalue weighted by atomic mass is 16.5. The summed E-state index contributed by atoms with van der Waals surface area (Å²) >= 11 is 0. The van der Waals surface area contributed by atoms with Crippen molar-refractivity contribution >= 4 is 11.6 Å². The number of anilines is 1. The Morgan fingerprint density at radius 2 is 2.04 bits per heavy atom. The van der Waals surface area contributed by atoms with Crippen LogP contribution in [0.25, 0.3) is 0 Å². The van der Waals surface area contributed by atoms with Crippen molar-refractivity contribution in [3.63, 3.8) is 0 Å². The molecular formula is C21H22N2O2. The molecule has 0 aromatic heterocycles. The van der Waals surface area contributed by atoms with Crippen LogP contribution in [-0.2, 0) is 0 Å². The van der Waals surface area contributed by atoms with Crippen LogP contribution in [0, 0.1) is 5.92 Å². The molecule has 0 bridgehead atoms. The molecule has 25 heavy (non-hydrogen) atoms. The molecule has 1 heterocycles. The summed E-state index contributed by atoms with van der Waals surface area (Å²) < 4.78 is 5.55. The zero-order valence-electron chi connectivity index (χ0n) is 14.2. The molecule has 1 aliphatic carbocycles. The molecule has 128 valence electrons. The molecule has 3 N–H and O–H groups in total. The molecule has 0 saturated heterocycles. The topological polar surface area (TPSA) is 64.3 Å². The number of primary amides is 1. The Morgan fingerprint density at radius 1 is 1.24 bits per heavy atom. The van der Waals surface area contributed by atoms with Gasteiger partial charge in [-0.2, -0.15) is 0 Å². The van der Waals surface area contributed by atoms with Crippen molar-refractivity contribution in [1.82, 2.24) is 0 Å². The first-order valence-electron chi connectivity index (χ1n) is 8.77. The van der Waals surface area contributed by atoms with Crippen molar-refractivity contribution < 1.29 is 9.53 Å². The highest BCUT2D eigenvalue weighted by molar-refractivity contribution is 5.93. The number of nitrogens with two attached hydrogens (primary N) is 1. The van der Waals surface area contributed by atoms with Gasteiger partial charge in [-0.3, -0.25) is 4.79 Å². The molecule has 4 rings (SSSR count). The van der Waals surface area contributed by atoms with Crippen LogP contribution in [-0.4, -0.2) is 12.5 Å². The summed E-state index contributed by atoms with van der Waals surface area (Å²) in [6.45, 7) is 2.66. The number of carbonyl (C=O) groups is 1. The molecule has 2 aromatic rings. The van der Waals surface area contributed by atoms with Gasteiger partial charge in [0.2, 0.25) is 5.91 Å². The van der Waals surface area contributed by atoms with E-state index in [-0.39, 0.29) is 11.9 Å². The SMILES string of the molecule is CCOc1ccc(C2Nc3ccc(C(N)=O)cc3C3C=CCC32)cc1. The second-order valence-corrected chi connectivity index (χ2v) is 6.64. The molecule has 0 radical (unpaired) electrons.